The summed E-state index contributed by atoms with van der Waals surface area (Å²) in [4.78, 5) is 39.2. The number of benzene rings is 3. The molecule has 0 aromatic heterocycles. The lowest BCUT2D eigenvalue weighted by molar-refractivity contribution is -0.123. The van der Waals surface area contributed by atoms with Gasteiger partial charge in [-0.15, -0.1) is 0 Å². The number of esters is 1. The van der Waals surface area contributed by atoms with Crippen molar-refractivity contribution in [3.63, 3.8) is 0 Å². The molecule has 1 aliphatic rings. The SMILES string of the molecule is COc1ccc(C(=O)Oc2cccc(/C=C3\SC(=O)N(Cc4ccc(Br)cc4)C3=O)c2)cc1. The summed E-state index contributed by atoms with van der Waals surface area (Å²) in [6, 6.07) is 20.8. The Hall–Kier alpha value is -3.36. The lowest BCUT2D eigenvalue weighted by atomic mass is 10.2. The van der Waals surface area contributed by atoms with Gasteiger partial charge in [-0.05, 0) is 77.5 Å². The standard InChI is InChI=1S/C25H18BrNO5S/c1-31-20-11-7-18(8-12-20)24(29)32-21-4-2-3-17(13-21)14-22-23(28)27(25(30)33-22)15-16-5-9-19(26)10-6-16/h2-14H,15H2,1H3/b22-14-. The molecule has 166 valence electrons. The average Bonchev–Trinajstić information content (AvgIpc) is 3.08. The van der Waals surface area contributed by atoms with E-state index in [2.05, 4.69) is 15.9 Å². The summed E-state index contributed by atoms with van der Waals surface area (Å²) in [5.74, 6) is 0.111. The molecule has 1 fully saturated rings. The summed E-state index contributed by atoms with van der Waals surface area (Å²) >= 11 is 4.26. The molecule has 0 radical (unpaired) electrons. The first-order valence-corrected chi connectivity index (χ1v) is 11.5. The number of halogens is 1. The number of imide groups is 1. The van der Waals surface area contributed by atoms with Gasteiger partial charge in [0, 0.05) is 4.47 Å². The molecular weight excluding hydrogens is 506 g/mol. The summed E-state index contributed by atoms with van der Waals surface area (Å²) in [6.07, 6.45) is 1.62. The molecule has 0 atom stereocenters. The fraction of sp³-hybridized carbons (Fsp3) is 0.0800. The Morgan fingerprint density at radius 3 is 2.42 bits per heavy atom. The zero-order valence-corrected chi connectivity index (χ0v) is 19.9. The van der Waals surface area contributed by atoms with E-state index >= 15 is 0 Å². The molecule has 6 nitrogen and oxygen atoms in total. The summed E-state index contributed by atoms with van der Waals surface area (Å²) < 4.78 is 11.5. The van der Waals surface area contributed by atoms with Crippen molar-refractivity contribution in [1.29, 1.82) is 0 Å². The van der Waals surface area contributed by atoms with E-state index in [9.17, 15) is 14.4 Å². The van der Waals surface area contributed by atoms with Gasteiger partial charge in [0.25, 0.3) is 11.1 Å². The third kappa shape index (κ3) is 5.53. The first kappa shape index (κ1) is 22.8. The summed E-state index contributed by atoms with van der Waals surface area (Å²) in [7, 11) is 1.55. The molecule has 3 aromatic rings. The van der Waals surface area contributed by atoms with Crippen LogP contribution in [0.2, 0.25) is 0 Å². The first-order valence-electron chi connectivity index (χ1n) is 9.89. The minimum Gasteiger partial charge on any atom is -0.497 e. The lowest BCUT2D eigenvalue weighted by Crippen LogP contribution is -2.27. The highest BCUT2D eigenvalue weighted by atomic mass is 79.9. The van der Waals surface area contributed by atoms with Crippen molar-refractivity contribution in [1.82, 2.24) is 4.90 Å². The van der Waals surface area contributed by atoms with E-state index in [1.54, 1.807) is 61.7 Å². The molecule has 1 aliphatic heterocycles. The number of ether oxygens (including phenoxy) is 2. The van der Waals surface area contributed by atoms with Gasteiger partial charge < -0.3 is 9.47 Å². The van der Waals surface area contributed by atoms with E-state index in [4.69, 9.17) is 9.47 Å². The van der Waals surface area contributed by atoms with Gasteiger partial charge in [0.1, 0.15) is 11.5 Å². The van der Waals surface area contributed by atoms with E-state index in [1.165, 1.54) is 4.90 Å². The van der Waals surface area contributed by atoms with Crippen molar-refractivity contribution >= 4 is 50.9 Å². The highest BCUT2D eigenvalue weighted by Crippen LogP contribution is 2.34. The normalized spacial score (nSPS) is 14.6. The van der Waals surface area contributed by atoms with Gasteiger partial charge in [-0.1, -0.05) is 40.2 Å². The van der Waals surface area contributed by atoms with Crippen LogP contribution in [0.3, 0.4) is 0 Å². The highest BCUT2D eigenvalue weighted by molar-refractivity contribution is 9.10. The summed E-state index contributed by atoms with van der Waals surface area (Å²) in [5, 5.41) is -0.323. The Morgan fingerprint density at radius 1 is 1.00 bits per heavy atom. The minimum atomic E-state index is -0.510. The van der Waals surface area contributed by atoms with Gasteiger partial charge in [0.2, 0.25) is 0 Å². The minimum absolute atomic E-state index is 0.203. The van der Waals surface area contributed by atoms with Crippen LogP contribution in [0.1, 0.15) is 21.5 Å². The number of carbonyl (C=O) groups excluding carboxylic acids is 3. The highest BCUT2D eigenvalue weighted by Gasteiger charge is 2.35. The van der Waals surface area contributed by atoms with Crippen molar-refractivity contribution in [3.8, 4) is 11.5 Å². The first-order chi connectivity index (χ1) is 15.9. The number of thioether (sulfide) groups is 1. The van der Waals surface area contributed by atoms with Crippen LogP contribution in [-0.2, 0) is 11.3 Å². The van der Waals surface area contributed by atoms with Gasteiger partial charge >= 0.3 is 5.97 Å². The number of hydrogen-bond donors (Lipinski definition) is 0. The smallest absolute Gasteiger partial charge is 0.343 e. The number of rotatable bonds is 6. The predicted octanol–water partition coefficient (Wildman–Crippen LogP) is 5.91. The molecule has 0 aliphatic carbocycles. The molecule has 8 heteroatoms. The molecule has 0 N–H and O–H groups in total. The molecule has 0 spiro atoms. The van der Waals surface area contributed by atoms with Crippen LogP contribution in [0.5, 0.6) is 11.5 Å². The Labute approximate surface area is 203 Å². The molecule has 0 unspecified atom stereocenters. The lowest BCUT2D eigenvalue weighted by Gasteiger charge is -2.12. The van der Waals surface area contributed by atoms with E-state index in [0.717, 1.165) is 21.8 Å². The number of hydrogen-bond acceptors (Lipinski definition) is 6. The van der Waals surface area contributed by atoms with Crippen molar-refractivity contribution in [2.24, 2.45) is 0 Å². The molecule has 1 heterocycles. The molecular formula is C25H18BrNO5S. The Balaban J connectivity index is 1.47. The largest absolute Gasteiger partial charge is 0.497 e. The molecule has 0 saturated carbocycles. The second-order valence-electron chi connectivity index (χ2n) is 7.08. The van der Waals surface area contributed by atoms with Crippen LogP contribution < -0.4 is 9.47 Å². The van der Waals surface area contributed by atoms with E-state index in [-0.39, 0.29) is 17.7 Å². The van der Waals surface area contributed by atoms with Crippen LogP contribution in [0.25, 0.3) is 6.08 Å². The van der Waals surface area contributed by atoms with Crippen molar-refractivity contribution in [2.45, 2.75) is 6.54 Å². The number of nitrogens with zero attached hydrogens (tertiary/aromatic N) is 1. The van der Waals surface area contributed by atoms with E-state index in [1.807, 2.05) is 24.3 Å². The van der Waals surface area contributed by atoms with E-state index in [0.29, 0.717) is 27.5 Å². The van der Waals surface area contributed by atoms with Crippen LogP contribution in [-0.4, -0.2) is 29.1 Å². The maximum atomic E-state index is 12.8. The van der Waals surface area contributed by atoms with Crippen molar-refractivity contribution < 1.29 is 23.9 Å². The summed E-state index contributed by atoms with van der Waals surface area (Å²) in [6.45, 7) is 0.203. The zero-order chi connectivity index (χ0) is 23.4. The Bertz CT molecular complexity index is 1240. The number of carbonyl (C=O) groups is 3. The second kappa shape index (κ2) is 10.1. The monoisotopic (exact) mass is 523 g/mol. The number of methoxy groups -OCH3 is 1. The van der Waals surface area contributed by atoms with Crippen LogP contribution in [0, 0.1) is 0 Å². The van der Waals surface area contributed by atoms with Crippen molar-refractivity contribution in [3.05, 3.63) is 98.9 Å². The fourth-order valence-electron chi connectivity index (χ4n) is 3.12. The maximum absolute atomic E-state index is 12.8. The Morgan fingerprint density at radius 2 is 1.73 bits per heavy atom. The third-order valence-electron chi connectivity index (χ3n) is 4.82. The summed E-state index contributed by atoms with van der Waals surface area (Å²) in [5.41, 5.74) is 1.88. The maximum Gasteiger partial charge on any atom is 0.343 e. The molecule has 33 heavy (non-hydrogen) atoms. The second-order valence-corrected chi connectivity index (χ2v) is 8.99. The Kier molecular flexibility index (Phi) is 6.96. The van der Waals surface area contributed by atoms with Gasteiger partial charge in [0.05, 0.1) is 24.1 Å². The third-order valence-corrected chi connectivity index (χ3v) is 6.26. The van der Waals surface area contributed by atoms with Crippen LogP contribution in [0.4, 0.5) is 4.79 Å². The molecule has 2 amide bonds. The van der Waals surface area contributed by atoms with Gasteiger partial charge in [-0.3, -0.25) is 14.5 Å². The topological polar surface area (TPSA) is 72.9 Å². The average molecular weight is 524 g/mol. The van der Waals surface area contributed by atoms with E-state index < -0.39 is 5.97 Å². The zero-order valence-electron chi connectivity index (χ0n) is 17.5. The quantitative estimate of drug-likeness (QED) is 0.227. The van der Waals surface area contributed by atoms with Crippen LogP contribution in [0.15, 0.2) is 82.2 Å². The molecule has 3 aromatic carbocycles. The van der Waals surface area contributed by atoms with Gasteiger partial charge in [-0.2, -0.15) is 0 Å². The molecule has 1 saturated heterocycles. The number of amides is 2. The van der Waals surface area contributed by atoms with Crippen molar-refractivity contribution in [2.75, 3.05) is 7.11 Å². The predicted molar refractivity (Wildman–Crippen MR) is 130 cm³/mol. The molecule has 0 bridgehead atoms. The van der Waals surface area contributed by atoms with Crippen LogP contribution >= 0.6 is 27.7 Å². The fourth-order valence-corrected chi connectivity index (χ4v) is 4.22. The van der Waals surface area contributed by atoms with Gasteiger partial charge in [-0.25, -0.2) is 4.79 Å². The van der Waals surface area contributed by atoms with Gasteiger partial charge in [0.15, 0.2) is 0 Å². The molecule has 4 rings (SSSR count).